The molecule has 10 atom stereocenters. The van der Waals surface area contributed by atoms with E-state index in [9.17, 15) is 10.2 Å². The van der Waals surface area contributed by atoms with Crippen LogP contribution in [0.2, 0.25) is 0 Å². The first-order chi connectivity index (χ1) is 14.6. The second-order valence-corrected chi connectivity index (χ2v) is 12.6. The first-order valence-electron chi connectivity index (χ1n) is 13.3. The van der Waals surface area contributed by atoms with Crippen LogP contribution in [0.3, 0.4) is 0 Å². The number of aliphatic hydroxyl groups is 2. The minimum Gasteiger partial charge on any atom is -0.390 e. The maximum Gasteiger partial charge on any atom is 0.0804 e. The molecule has 4 aliphatic carbocycles. The first-order valence-corrected chi connectivity index (χ1v) is 13.3. The van der Waals surface area contributed by atoms with Crippen LogP contribution in [-0.2, 0) is 0 Å². The Labute approximate surface area is 191 Å². The van der Waals surface area contributed by atoms with E-state index in [1.807, 2.05) is 0 Å². The van der Waals surface area contributed by atoms with Crippen molar-refractivity contribution >= 4 is 0 Å². The SMILES string of the molecule is C=C(C)C(CC)CCC(C)C1CCC2C3=CCC4CC(O)C(O)CC4(C)C3CCC21C. The van der Waals surface area contributed by atoms with Gasteiger partial charge in [-0.05, 0) is 117 Å². The molecule has 0 aromatic rings. The molecule has 2 nitrogen and oxygen atoms in total. The molecule has 0 spiro atoms. The Balaban J connectivity index is 1.50. The third-order valence-corrected chi connectivity index (χ3v) is 11.0. The predicted molar refractivity (Wildman–Crippen MR) is 130 cm³/mol. The lowest BCUT2D eigenvalue weighted by molar-refractivity contribution is -0.107. The molecule has 3 saturated carbocycles. The van der Waals surface area contributed by atoms with Crippen LogP contribution in [0.1, 0.15) is 98.8 Å². The maximum absolute atomic E-state index is 10.5. The van der Waals surface area contributed by atoms with Crippen LogP contribution in [0.15, 0.2) is 23.8 Å². The molecule has 4 aliphatic rings. The molecule has 0 aromatic heterocycles. The molecule has 2 heteroatoms. The lowest BCUT2D eigenvalue weighted by atomic mass is 9.47. The standard InChI is InChI=1S/C29H48O2/c1-7-20(18(2)3)9-8-19(4)23-12-13-24-22-11-10-21-16-26(30)27(31)17-29(21,6)25(22)14-15-28(23,24)5/h11,19-21,23-27,30-31H,2,7-10,12-17H2,1,3-6H3. The molecular weight excluding hydrogens is 380 g/mol. The highest BCUT2D eigenvalue weighted by molar-refractivity contribution is 5.28. The van der Waals surface area contributed by atoms with Gasteiger partial charge in [-0.1, -0.05) is 51.5 Å². The maximum atomic E-state index is 10.5. The molecule has 4 rings (SSSR count). The highest BCUT2D eigenvalue weighted by Gasteiger charge is 2.59. The second-order valence-electron chi connectivity index (χ2n) is 12.6. The van der Waals surface area contributed by atoms with Crippen molar-refractivity contribution in [2.45, 2.75) is 111 Å². The average Bonchev–Trinajstić information content (AvgIpc) is 3.06. The van der Waals surface area contributed by atoms with Crippen molar-refractivity contribution in [2.24, 2.45) is 46.3 Å². The van der Waals surface area contributed by atoms with Gasteiger partial charge in [0.05, 0.1) is 12.2 Å². The minimum absolute atomic E-state index is 0.170. The number of allylic oxidation sites excluding steroid dienone is 3. The molecule has 2 N–H and O–H groups in total. The second kappa shape index (κ2) is 8.64. The molecule has 10 unspecified atom stereocenters. The zero-order valence-corrected chi connectivity index (χ0v) is 20.9. The normalized spacial score (nSPS) is 46.4. The Kier molecular flexibility index (Phi) is 6.56. The summed E-state index contributed by atoms with van der Waals surface area (Å²) in [4.78, 5) is 0. The highest BCUT2D eigenvalue weighted by atomic mass is 16.3. The number of rotatable bonds is 6. The summed E-state index contributed by atoms with van der Waals surface area (Å²) in [6, 6.07) is 0. The van der Waals surface area contributed by atoms with E-state index in [4.69, 9.17) is 0 Å². The van der Waals surface area contributed by atoms with Gasteiger partial charge in [0.15, 0.2) is 0 Å². The molecule has 3 fully saturated rings. The summed E-state index contributed by atoms with van der Waals surface area (Å²) in [7, 11) is 0. The smallest absolute Gasteiger partial charge is 0.0804 e. The largest absolute Gasteiger partial charge is 0.390 e. The Morgan fingerprint density at radius 2 is 1.81 bits per heavy atom. The van der Waals surface area contributed by atoms with Gasteiger partial charge in [-0.25, -0.2) is 0 Å². The van der Waals surface area contributed by atoms with Gasteiger partial charge >= 0.3 is 0 Å². The third kappa shape index (κ3) is 3.88. The van der Waals surface area contributed by atoms with Gasteiger partial charge < -0.3 is 10.2 Å². The van der Waals surface area contributed by atoms with Crippen molar-refractivity contribution in [3.05, 3.63) is 23.8 Å². The predicted octanol–water partition coefficient (Wildman–Crippen LogP) is 6.92. The Morgan fingerprint density at radius 3 is 2.48 bits per heavy atom. The molecule has 0 saturated heterocycles. The van der Waals surface area contributed by atoms with Gasteiger partial charge in [0.1, 0.15) is 0 Å². The van der Waals surface area contributed by atoms with Crippen LogP contribution in [0.4, 0.5) is 0 Å². The number of fused-ring (bicyclic) bond motifs is 5. The van der Waals surface area contributed by atoms with Crippen molar-refractivity contribution in [2.75, 3.05) is 0 Å². The van der Waals surface area contributed by atoms with Crippen molar-refractivity contribution in [3.63, 3.8) is 0 Å². The van der Waals surface area contributed by atoms with Gasteiger partial charge in [-0.2, -0.15) is 0 Å². The lowest BCUT2D eigenvalue weighted by Crippen LogP contribution is -2.53. The summed E-state index contributed by atoms with van der Waals surface area (Å²) < 4.78 is 0. The summed E-state index contributed by atoms with van der Waals surface area (Å²) in [5.41, 5.74) is 3.73. The Hall–Kier alpha value is -0.600. The van der Waals surface area contributed by atoms with E-state index in [0.29, 0.717) is 23.2 Å². The van der Waals surface area contributed by atoms with Crippen LogP contribution in [0.5, 0.6) is 0 Å². The lowest BCUT2D eigenvalue weighted by Gasteiger charge is -2.58. The summed E-state index contributed by atoms with van der Waals surface area (Å²) in [6.45, 7) is 16.3. The van der Waals surface area contributed by atoms with E-state index >= 15 is 0 Å². The quantitative estimate of drug-likeness (QED) is 0.451. The van der Waals surface area contributed by atoms with E-state index in [-0.39, 0.29) is 5.41 Å². The summed E-state index contributed by atoms with van der Waals surface area (Å²) in [5, 5.41) is 20.8. The topological polar surface area (TPSA) is 40.5 Å². The van der Waals surface area contributed by atoms with Crippen molar-refractivity contribution in [1.29, 1.82) is 0 Å². The fourth-order valence-corrected chi connectivity index (χ4v) is 8.97. The van der Waals surface area contributed by atoms with Gasteiger partial charge in [-0.15, -0.1) is 0 Å². The van der Waals surface area contributed by atoms with Crippen LogP contribution in [0, 0.1) is 46.3 Å². The zero-order valence-electron chi connectivity index (χ0n) is 20.9. The van der Waals surface area contributed by atoms with Crippen LogP contribution < -0.4 is 0 Å². The van der Waals surface area contributed by atoms with E-state index in [2.05, 4.69) is 47.3 Å². The van der Waals surface area contributed by atoms with Gasteiger partial charge in [0, 0.05) is 0 Å². The molecule has 0 aromatic carbocycles. The Morgan fingerprint density at radius 1 is 1.10 bits per heavy atom. The molecule has 0 radical (unpaired) electrons. The monoisotopic (exact) mass is 428 g/mol. The number of aliphatic hydroxyl groups excluding tert-OH is 2. The van der Waals surface area contributed by atoms with Crippen LogP contribution >= 0.6 is 0 Å². The molecule has 31 heavy (non-hydrogen) atoms. The molecule has 0 bridgehead atoms. The van der Waals surface area contributed by atoms with E-state index in [1.165, 1.54) is 50.5 Å². The molecular formula is C29H48O2. The fourth-order valence-electron chi connectivity index (χ4n) is 8.97. The molecule has 0 amide bonds. The van der Waals surface area contributed by atoms with Crippen molar-refractivity contribution in [3.8, 4) is 0 Å². The first kappa shape index (κ1) is 23.6. The van der Waals surface area contributed by atoms with Crippen molar-refractivity contribution < 1.29 is 10.2 Å². The molecule has 0 aliphatic heterocycles. The van der Waals surface area contributed by atoms with Gasteiger partial charge in [0.25, 0.3) is 0 Å². The number of hydrogen-bond acceptors (Lipinski definition) is 2. The van der Waals surface area contributed by atoms with Gasteiger partial charge in [0.2, 0.25) is 0 Å². The molecule has 176 valence electrons. The minimum atomic E-state index is -0.537. The fraction of sp³-hybridized carbons (Fsp3) is 0.862. The highest BCUT2D eigenvalue weighted by Crippen LogP contribution is 2.67. The summed E-state index contributed by atoms with van der Waals surface area (Å²) in [5.74, 6) is 4.21. The van der Waals surface area contributed by atoms with Crippen molar-refractivity contribution in [1.82, 2.24) is 0 Å². The zero-order chi connectivity index (χ0) is 22.6. The molecule has 0 heterocycles. The average molecular weight is 429 g/mol. The van der Waals surface area contributed by atoms with Gasteiger partial charge in [-0.3, -0.25) is 0 Å². The van der Waals surface area contributed by atoms with E-state index < -0.39 is 12.2 Å². The third-order valence-electron chi connectivity index (χ3n) is 11.0. The van der Waals surface area contributed by atoms with E-state index in [0.717, 1.165) is 37.0 Å². The number of hydrogen-bond donors (Lipinski definition) is 2. The van der Waals surface area contributed by atoms with Crippen LogP contribution in [0.25, 0.3) is 0 Å². The summed E-state index contributed by atoms with van der Waals surface area (Å²) in [6.07, 6.45) is 13.4. The van der Waals surface area contributed by atoms with E-state index in [1.54, 1.807) is 5.57 Å². The summed E-state index contributed by atoms with van der Waals surface area (Å²) >= 11 is 0. The van der Waals surface area contributed by atoms with Crippen LogP contribution in [-0.4, -0.2) is 22.4 Å². The Bertz CT molecular complexity index is 710.